The molecule has 1 amide bonds. The lowest BCUT2D eigenvalue weighted by atomic mass is 9.95. The molecule has 2 rings (SSSR count). The highest BCUT2D eigenvalue weighted by molar-refractivity contribution is 7.11. The predicted molar refractivity (Wildman–Crippen MR) is 110 cm³/mol. The van der Waals surface area contributed by atoms with Crippen molar-refractivity contribution in [3.05, 3.63) is 16.1 Å². The number of aliphatic imine (C=N–C) groups is 1. The summed E-state index contributed by atoms with van der Waals surface area (Å²) in [6.45, 7) is 10.8. The van der Waals surface area contributed by atoms with E-state index in [1.165, 1.54) is 4.88 Å². The number of hydrogen-bond acceptors (Lipinski definition) is 5. The molecule has 0 spiro atoms. The first kappa shape index (κ1) is 21.5. The standard InChI is InChI=1S/C19H33N5O2S/c1-14-11-22-16(27-14)12-23-17(20-5)21-9-8-15-7-6-10-24(13-15)18(25)26-19(2,3)4/h11,15H,6-10,12-13H2,1-5H3,(H2,20,21,23). The van der Waals surface area contributed by atoms with Crippen molar-refractivity contribution >= 4 is 23.4 Å². The minimum absolute atomic E-state index is 0.198. The van der Waals surface area contributed by atoms with E-state index in [0.29, 0.717) is 12.5 Å². The molecular formula is C19H33N5O2S. The number of aryl methyl sites for hydroxylation is 1. The van der Waals surface area contributed by atoms with Gasteiger partial charge in [0.25, 0.3) is 0 Å². The Hall–Kier alpha value is -1.83. The number of piperidine rings is 1. The first-order valence-electron chi connectivity index (χ1n) is 9.60. The van der Waals surface area contributed by atoms with Crippen molar-refractivity contribution < 1.29 is 9.53 Å². The normalized spacial score (nSPS) is 18.3. The first-order chi connectivity index (χ1) is 12.8. The van der Waals surface area contributed by atoms with Gasteiger partial charge in [0.05, 0.1) is 6.54 Å². The number of rotatable bonds is 5. The van der Waals surface area contributed by atoms with Gasteiger partial charge in [-0.3, -0.25) is 4.99 Å². The summed E-state index contributed by atoms with van der Waals surface area (Å²) in [6, 6.07) is 0. The van der Waals surface area contributed by atoms with Gasteiger partial charge in [-0.15, -0.1) is 11.3 Å². The average Bonchev–Trinajstić information content (AvgIpc) is 3.02. The van der Waals surface area contributed by atoms with Crippen molar-refractivity contribution in [1.82, 2.24) is 20.5 Å². The Kier molecular flexibility index (Phi) is 7.89. The summed E-state index contributed by atoms with van der Waals surface area (Å²) < 4.78 is 5.50. The maximum absolute atomic E-state index is 12.3. The number of nitrogens with zero attached hydrogens (tertiary/aromatic N) is 3. The highest BCUT2D eigenvalue weighted by atomic mass is 32.1. The molecular weight excluding hydrogens is 362 g/mol. The van der Waals surface area contributed by atoms with Gasteiger partial charge in [0, 0.05) is 37.8 Å². The minimum Gasteiger partial charge on any atom is -0.444 e. The Balaban J connectivity index is 1.71. The Labute approximate surface area is 166 Å². The molecule has 1 unspecified atom stereocenters. The third kappa shape index (κ3) is 7.74. The number of likely N-dealkylation sites (tertiary alicyclic amines) is 1. The predicted octanol–water partition coefficient (Wildman–Crippen LogP) is 3.15. The van der Waals surface area contributed by atoms with Gasteiger partial charge in [-0.05, 0) is 52.9 Å². The second-order valence-corrected chi connectivity index (χ2v) is 9.26. The summed E-state index contributed by atoms with van der Waals surface area (Å²) in [5.41, 5.74) is -0.445. The van der Waals surface area contributed by atoms with Gasteiger partial charge in [0.2, 0.25) is 0 Å². The maximum Gasteiger partial charge on any atom is 0.410 e. The third-order valence-corrected chi connectivity index (χ3v) is 5.23. The summed E-state index contributed by atoms with van der Waals surface area (Å²) in [5, 5.41) is 7.70. The molecule has 1 aromatic rings. The molecule has 1 fully saturated rings. The number of nitrogens with one attached hydrogen (secondary N) is 2. The maximum atomic E-state index is 12.3. The minimum atomic E-state index is -0.445. The van der Waals surface area contributed by atoms with E-state index in [0.717, 1.165) is 49.9 Å². The number of hydrogen-bond donors (Lipinski definition) is 2. The second kappa shape index (κ2) is 9.92. The molecule has 152 valence electrons. The van der Waals surface area contributed by atoms with Crippen LogP contribution >= 0.6 is 11.3 Å². The van der Waals surface area contributed by atoms with Crippen molar-refractivity contribution in [2.45, 2.75) is 59.1 Å². The lowest BCUT2D eigenvalue weighted by Crippen LogP contribution is -2.44. The number of ether oxygens (including phenoxy) is 1. The van der Waals surface area contributed by atoms with Crippen LogP contribution < -0.4 is 10.6 Å². The second-order valence-electron chi connectivity index (χ2n) is 7.94. The van der Waals surface area contributed by atoms with Crippen molar-refractivity contribution in [2.24, 2.45) is 10.9 Å². The Morgan fingerprint density at radius 3 is 2.85 bits per heavy atom. The smallest absolute Gasteiger partial charge is 0.410 e. The molecule has 2 N–H and O–H groups in total. The van der Waals surface area contributed by atoms with Gasteiger partial charge in [-0.25, -0.2) is 9.78 Å². The van der Waals surface area contributed by atoms with Gasteiger partial charge in [-0.1, -0.05) is 0 Å². The topological polar surface area (TPSA) is 78.9 Å². The molecule has 1 aliphatic rings. The molecule has 8 heteroatoms. The number of thiazole rings is 1. The molecule has 7 nitrogen and oxygen atoms in total. The van der Waals surface area contributed by atoms with Crippen LogP contribution in [0, 0.1) is 12.8 Å². The fourth-order valence-corrected chi connectivity index (χ4v) is 3.78. The summed E-state index contributed by atoms with van der Waals surface area (Å²) in [5.74, 6) is 1.26. The van der Waals surface area contributed by atoms with Crippen LogP contribution in [0.15, 0.2) is 11.2 Å². The van der Waals surface area contributed by atoms with E-state index >= 15 is 0 Å². The van der Waals surface area contributed by atoms with Crippen molar-refractivity contribution in [1.29, 1.82) is 0 Å². The summed E-state index contributed by atoms with van der Waals surface area (Å²) in [6.07, 6.45) is 4.86. The van der Waals surface area contributed by atoms with E-state index in [9.17, 15) is 4.79 Å². The number of carbonyl (C=O) groups excluding carboxylic acids is 1. The molecule has 0 aromatic carbocycles. The van der Waals surface area contributed by atoms with Gasteiger partial charge in [0.15, 0.2) is 5.96 Å². The SMILES string of the molecule is CN=C(NCCC1CCCN(C(=O)OC(C)(C)C)C1)NCc1ncc(C)s1. The zero-order valence-corrected chi connectivity index (χ0v) is 18.0. The largest absolute Gasteiger partial charge is 0.444 e. The summed E-state index contributed by atoms with van der Waals surface area (Å²) in [4.78, 5) is 23.9. The zero-order chi connectivity index (χ0) is 19.9. The monoisotopic (exact) mass is 395 g/mol. The van der Waals surface area contributed by atoms with Crippen LogP contribution in [0.5, 0.6) is 0 Å². The molecule has 2 heterocycles. The van der Waals surface area contributed by atoms with Gasteiger partial charge >= 0.3 is 6.09 Å². The molecule has 27 heavy (non-hydrogen) atoms. The van der Waals surface area contributed by atoms with E-state index in [-0.39, 0.29) is 6.09 Å². The van der Waals surface area contributed by atoms with Crippen molar-refractivity contribution in [3.8, 4) is 0 Å². The van der Waals surface area contributed by atoms with Crippen LogP contribution in [-0.2, 0) is 11.3 Å². The number of aromatic nitrogens is 1. The highest BCUT2D eigenvalue weighted by Crippen LogP contribution is 2.21. The first-order valence-corrected chi connectivity index (χ1v) is 10.4. The van der Waals surface area contributed by atoms with Crippen LogP contribution in [0.25, 0.3) is 0 Å². The van der Waals surface area contributed by atoms with Gasteiger partial charge in [-0.2, -0.15) is 0 Å². The van der Waals surface area contributed by atoms with Crippen molar-refractivity contribution in [2.75, 3.05) is 26.7 Å². The number of amides is 1. The van der Waals surface area contributed by atoms with E-state index in [4.69, 9.17) is 4.74 Å². The van der Waals surface area contributed by atoms with Crippen LogP contribution in [0.1, 0.15) is 49.9 Å². The molecule has 1 aromatic heterocycles. The number of guanidine groups is 1. The number of carbonyl (C=O) groups is 1. The van der Waals surface area contributed by atoms with E-state index in [1.807, 2.05) is 31.9 Å². The summed E-state index contributed by atoms with van der Waals surface area (Å²) >= 11 is 1.69. The highest BCUT2D eigenvalue weighted by Gasteiger charge is 2.27. The molecule has 0 bridgehead atoms. The molecule has 1 aliphatic heterocycles. The van der Waals surface area contributed by atoms with Gasteiger partial charge < -0.3 is 20.3 Å². The molecule has 0 aliphatic carbocycles. The van der Waals surface area contributed by atoms with Crippen LogP contribution in [-0.4, -0.2) is 54.2 Å². The lowest BCUT2D eigenvalue weighted by molar-refractivity contribution is 0.0162. The van der Waals surface area contributed by atoms with Crippen LogP contribution in [0.2, 0.25) is 0 Å². The Morgan fingerprint density at radius 1 is 1.44 bits per heavy atom. The van der Waals surface area contributed by atoms with E-state index in [2.05, 4.69) is 27.5 Å². The fraction of sp³-hybridized carbons (Fsp3) is 0.737. The summed E-state index contributed by atoms with van der Waals surface area (Å²) in [7, 11) is 1.77. The average molecular weight is 396 g/mol. The fourth-order valence-electron chi connectivity index (χ4n) is 3.05. The third-order valence-electron chi connectivity index (χ3n) is 4.32. The van der Waals surface area contributed by atoms with Crippen LogP contribution in [0.3, 0.4) is 0 Å². The molecule has 1 atom stereocenters. The zero-order valence-electron chi connectivity index (χ0n) is 17.2. The van der Waals surface area contributed by atoms with Gasteiger partial charge in [0.1, 0.15) is 10.6 Å². The van der Waals surface area contributed by atoms with Crippen LogP contribution in [0.4, 0.5) is 4.79 Å². The van der Waals surface area contributed by atoms with E-state index in [1.54, 1.807) is 18.4 Å². The Bertz CT molecular complexity index is 638. The lowest BCUT2D eigenvalue weighted by Gasteiger charge is -2.34. The van der Waals surface area contributed by atoms with E-state index < -0.39 is 5.60 Å². The molecule has 0 radical (unpaired) electrons. The Morgan fingerprint density at radius 2 is 2.22 bits per heavy atom. The quantitative estimate of drug-likeness (QED) is 0.591. The molecule has 0 saturated carbocycles. The molecule has 1 saturated heterocycles. The van der Waals surface area contributed by atoms with Crippen molar-refractivity contribution in [3.63, 3.8) is 0 Å².